The summed E-state index contributed by atoms with van der Waals surface area (Å²) in [4.78, 5) is 8.27. The predicted octanol–water partition coefficient (Wildman–Crippen LogP) is 2.87. The van der Waals surface area contributed by atoms with E-state index in [1.165, 1.54) is 6.20 Å². The number of nitrogens with one attached hydrogen (secondary N) is 2. The molecular weight excluding hydrogens is 324 g/mol. The van der Waals surface area contributed by atoms with E-state index in [1.807, 2.05) is 6.92 Å². The van der Waals surface area contributed by atoms with Gasteiger partial charge in [0.25, 0.3) is 0 Å². The minimum Gasteiger partial charge on any atom is -0.324 e. The average Bonchev–Trinajstić information content (AvgIpc) is 2.47. The first kappa shape index (κ1) is 16.7. The van der Waals surface area contributed by atoms with Crippen LogP contribution in [0.1, 0.15) is 18.9 Å². The van der Waals surface area contributed by atoms with Gasteiger partial charge in [0.1, 0.15) is 5.15 Å². The lowest BCUT2D eigenvalue weighted by atomic mass is 10.2. The summed E-state index contributed by atoms with van der Waals surface area (Å²) in [7, 11) is -3.53. The van der Waals surface area contributed by atoms with Crippen LogP contribution in [-0.4, -0.2) is 24.9 Å². The highest BCUT2D eigenvalue weighted by molar-refractivity contribution is 7.89. The first-order valence-corrected chi connectivity index (χ1v) is 8.64. The molecule has 2 rings (SSSR count). The third-order valence-corrected chi connectivity index (χ3v) is 4.71. The molecule has 0 spiro atoms. The maximum Gasteiger partial charge on any atom is 0.240 e. The molecule has 1 aromatic carbocycles. The number of aromatic nitrogens is 2. The minimum atomic E-state index is -3.53. The molecule has 0 saturated carbocycles. The van der Waals surface area contributed by atoms with Crippen molar-refractivity contribution >= 4 is 33.3 Å². The van der Waals surface area contributed by atoms with Gasteiger partial charge in [0.05, 0.1) is 4.90 Å². The number of hydrogen-bond donors (Lipinski definition) is 2. The molecule has 2 N–H and O–H groups in total. The largest absolute Gasteiger partial charge is 0.324 e. The van der Waals surface area contributed by atoms with Crippen molar-refractivity contribution in [2.24, 2.45) is 0 Å². The molecule has 0 fully saturated rings. The summed E-state index contributed by atoms with van der Waals surface area (Å²) in [5.74, 6) is 0.307. The molecule has 0 aliphatic carbocycles. The molecule has 0 aliphatic rings. The zero-order valence-corrected chi connectivity index (χ0v) is 13.9. The second-order valence-electron chi connectivity index (χ2n) is 4.71. The van der Waals surface area contributed by atoms with Crippen molar-refractivity contribution in [1.82, 2.24) is 14.7 Å². The van der Waals surface area contributed by atoms with Crippen LogP contribution in [0.15, 0.2) is 35.4 Å². The molecule has 8 heteroatoms. The Morgan fingerprint density at radius 1 is 1.27 bits per heavy atom. The van der Waals surface area contributed by atoms with E-state index in [-0.39, 0.29) is 4.90 Å². The Morgan fingerprint density at radius 2 is 2.05 bits per heavy atom. The van der Waals surface area contributed by atoms with Gasteiger partial charge in [-0.1, -0.05) is 24.6 Å². The van der Waals surface area contributed by atoms with E-state index in [4.69, 9.17) is 11.6 Å². The smallest absolute Gasteiger partial charge is 0.240 e. The molecule has 6 nitrogen and oxygen atoms in total. The number of benzene rings is 1. The summed E-state index contributed by atoms with van der Waals surface area (Å²) >= 11 is 5.80. The fourth-order valence-corrected chi connectivity index (χ4v) is 3.35. The Kier molecular flexibility index (Phi) is 5.33. The first-order valence-electron chi connectivity index (χ1n) is 6.78. The Balaban J connectivity index is 2.30. The molecule has 1 aromatic heterocycles. The summed E-state index contributed by atoms with van der Waals surface area (Å²) in [5.41, 5.74) is 1.24. The summed E-state index contributed by atoms with van der Waals surface area (Å²) in [6.45, 7) is 4.06. The van der Waals surface area contributed by atoms with Gasteiger partial charge in [-0.2, -0.15) is 0 Å². The Bertz CT molecular complexity index is 765. The van der Waals surface area contributed by atoms with Crippen molar-refractivity contribution < 1.29 is 8.42 Å². The molecule has 0 bridgehead atoms. The van der Waals surface area contributed by atoms with Crippen LogP contribution in [0.3, 0.4) is 0 Å². The van der Waals surface area contributed by atoms with Crippen LogP contribution in [0, 0.1) is 6.92 Å². The Morgan fingerprint density at radius 3 is 2.73 bits per heavy atom. The summed E-state index contributed by atoms with van der Waals surface area (Å²) in [6, 6.07) is 6.61. The topological polar surface area (TPSA) is 84.0 Å². The number of hydrogen-bond acceptors (Lipinski definition) is 5. The lowest BCUT2D eigenvalue weighted by Crippen LogP contribution is -2.25. The van der Waals surface area contributed by atoms with Crippen LogP contribution in [0.2, 0.25) is 5.15 Å². The van der Waals surface area contributed by atoms with Gasteiger partial charge in [0.2, 0.25) is 16.0 Å². The Hall–Kier alpha value is -1.70. The summed E-state index contributed by atoms with van der Waals surface area (Å²) in [5, 5.41) is 3.25. The van der Waals surface area contributed by atoms with Gasteiger partial charge in [-0.25, -0.2) is 23.1 Å². The van der Waals surface area contributed by atoms with Gasteiger partial charge < -0.3 is 5.32 Å². The highest BCUT2D eigenvalue weighted by Crippen LogP contribution is 2.22. The standard InChI is InChI=1S/C14H17ClN4O2S/c1-3-7-17-22(20,21)12-9-11(5-4-10(12)2)18-14-16-8-6-13(15)19-14/h4-6,8-9,17H,3,7H2,1-2H3,(H,16,18,19). The van der Waals surface area contributed by atoms with Crippen LogP contribution < -0.4 is 10.0 Å². The molecule has 2 aromatic rings. The molecule has 118 valence electrons. The maximum absolute atomic E-state index is 12.3. The zero-order chi connectivity index (χ0) is 16.2. The number of nitrogens with zero attached hydrogens (tertiary/aromatic N) is 2. The van der Waals surface area contributed by atoms with Crippen molar-refractivity contribution in [3.8, 4) is 0 Å². The first-order chi connectivity index (χ1) is 10.4. The lowest BCUT2D eigenvalue weighted by Gasteiger charge is -2.11. The van der Waals surface area contributed by atoms with Crippen LogP contribution in [0.25, 0.3) is 0 Å². The fraction of sp³-hybridized carbons (Fsp3) is 0.286. The summed E-state index contributed by atoms with van der Waals surface area (Å²) in [6.07, 6.45) is 2.25. The number of aryl methyl sites for hydroxylation is 1. The highest BCUT2D eigenvalue weighted by atomic mass is 35.5. The average molecular weight is 341 g/mol. The van der Waals surface area contributed by atoms with Gasteiger partial charge in [-0.15, -0.1) is 0 Å². The number of anilines is 2. The van der Waals surface area contributed by atoms with E-state index in [0.29, 0.717) is 28.9 Å². The molecular formula is C14H17ClN4O2S. The quantitative estimate of drug-likeness (QED) is 0.790. The molecule has 0 atom stereocenters. The van der Waals surface area contributed by atoms with Gasteiger partial charge >= 0.3 is 0 Å². The van der Waals surface area contributed by atoms with E-state index < -0.39 is 10.0 Å². The van der Waals surface area contributed by atoms with E-state index >= 15 is 0 Å². The molecule has 0 aliphatic heterocycles. The van der Waals surface area contributed by atoms with E-state index in [9.17, 15) is 8.42 Å². The predicted molar refractivity (Wildman–Crippen MR) is 87.0 cm³/mol. The van der Waals surface area contributed by atoms with Gasteiger partial charge in [0, 0.05) is 18.4 Å². The van der Waals surface area contributed by atoms with Gasteiger partial charge in [-0.05, 0) is 37.1 Å². The van der Waals surface area contributed by atoms with Crippen molar-refractivity contribution in [2.45, 2.75) is 25.2 Å². The molecule has 22 heavy (non-hydrogen) atoms. The van der Waals surface area contributed by atoms with Crippen molar-refractivity contribution in [3.63, 3.8) is 0 Å². The molecule has 0 amide bonds. The fourth-order valence-electron chi connectivity index (χ4n) is 1.81. The Labute approximate surface area is 135 Å². The maximum atomic E-state index is 12.3. The monoisotopic (exact) mass is 340 g/mol. The summed E-state index contributed by atoms with van der Waals surface area (Å²) < 4.78 is 27.1. The van der Waals surface area contributed by atoms with Crippen LogP contribution in [-0.2, 0) is 10.0 Å². The number of halogens is 1. The normalized spacial score (nSPS) is 11.4. The van der Waals surface area contributed by atoms with Gasteiger partial charge in [0.15, 0.2) is 0 Å². The number of rotatable bonds is 6. The minimum absolute atomic E-state index is 0.230. The third-order valence-electron chi connectivity index (χ3n) is 2.90. The third kappa shape index (κ3) is 4.16. The van der Waals surface area contributed by atoms with Gasteiger partial charge in [-0.3, -0.25) is 0 Å². The van der Waals surface area contributed by atoms with Crippen molar-refractivity contribution in [2.75, 3.05) is 11.9 Å². The molecule has 0 saturated heterocycles. The second-order valence-corrected chi connectivity index (χ2v) is 6.83. The van der Waals surface area contributed by atoms with Crippen molar-refractivity contribution in [1.29, 1.82) is 0 Å². The zero-order valence-electron chi connectivity index (χ0n) is 12.3. The van der Waals surface area contributed by atoms with E-state index in [0.717, 1.165) is 6.42 Å². The molecule has 1 heterocycles. The van der Waals surface area contributed by atoms with Crippen molar-refractivity contribution in [3.05, 3.63) is 41.2 Å². The highest BCUT2D eigenvalue weighted by Gasteiger charge is 2.16. The van der Waals surface area contributed by atoms with E-state index in [1.54, 1.807) is 31.2 Å². The number of sulfonamides is 1. The molecule has 0 unspecified atom stereocenters. The lowest BCUT2D eigenvalue weighted by molar-refractivity contribution is 0.580. The van der Waals surface area contributed by atoms with Crippen LogP contribution in [0.4, 0.5) is 11.6 Å². The second kappa shape index (κ2) is 7.04. The SMILES string of the molecule is CCCNS(=O)(=O)c1cc(Nc2nccc(Cl)n2)ccc1C. The van der Waals surface area contributed by atoms with E-state index in [2.05, 4.69) is 20.0 Å². The van der Waals surface area contributed by atoms with Crippen LogP contribution >= 0.6 is 11.6 Å². The van der Waals surface area contributed by atoms with Crippen LogP contribution in [0.5, 0.6) is 0 Å². The molecule has 0 radical (unpaired) electrons.